The fourth-order valence-electron chi connectivity index (χ4n) is 1.61. The Balaban J connectivity index is 2.79. The fourth-order valence-corrected chi connectivity index (χ4v) is 1.61. The van der Waals surface area contributed by atoms with Crippen molar-refractivity contribution in [1.82, 2.24) is 14.6 Å². The molecule has 0 spiro atoms. The molecule has 0 atom stereocenters. The number of hydrogen-bond acceptors (Lipinski definition) is 2. The Labute approximate surface area is 86.7 Å². The molecule has 0 aliphatic rings. The second kappa shape index (κ2) is 2.85. The van der Waals surface area contributed by atoms with E-state index in [2.05, 4.69) is 10.1 Å². The number of H-pyrrole nitrogens is 1. The number of aromatic carboxylic acids is 1. The third-order valence-corrected chi connectivity index (χ3v) is 2.31. The lowest BCUT2D eigenvalue weighted by atomic mass is 9.89. The fraction of sp³-hybridized carbons (Fsp3) is 0.400. The molecule has 2 aromatic heterocycles. The lowest BCUT2D eigenvalue weighted by Gasteiger charge is -2.16. The average molecular weight is 207 g/mol. The van der Waals surface area contributed by atoms with Gasteiger partial charge in [0.05, 0.1) is 5.69 Å². The number of rotatable bonds is 1. The highest BCUT2D eigenvalue weighted by Crippen LogP contribution is 2.26. The first-order chi connectivity index (χ1) is 6.91. The molecule has 15 heavy (non-hydrogen) atoms. The highest BCUT2D eigenvalue weighted by molar-refractivity contribution is 5.96. The van der Waals surface area contributed by atoms with E-state index >= 15 is 0 Å². The van der Waals surface area contributed by atoms with Crippen molar-refractivity contribution in [1.29, 1.82) is 0 Å². The molecule has 0 radical (unpaired) electrons. The first kappa shape index (κ1) is 9.76. The monoisotopic (exact) mass is 207 g/mol. The van der Waals surface area contributed by atoms with Gasteiger partial charge < -0.3 is 5.11 Å². The maximum atomic E-state index is 11.2. The lowest BCUT2D eigenvalue weighted by Crippen LogP contribution is -2.16. The molecule has 0 unspecified atom stereocenters. The van der Waals surface area contributed by atoms with Gasteiger partial charge in [0.15, 0.2) is 5.65 Å². The van der Waals surface area contributed by atoms with E-state index in [1.54, 1.807) is 16.9 Å². The van der Waals surface area contributed by atoms with Crippen molar-refractivity contribution >= 4 is 11.6 Å². The highest BCUT2D eigenvalue weighted by atomic mass is 16.4. The van der Waals surface area contributed by atoms with Gasteiger partial charge >= 0.3 is 5.97 Å². The Morgan fingerprint density at radius 3 is 2.73 bits per heavy atom. The SMILES string of the molecule is CC(C)(C)c1[nH]n2ccnc2c1C(=O)O. The number of carboxylic acid groups (broad SMARTS) is 1. The maximum absolute atomic E-state index is 11.2. The van der Waals surface area contributed by atoms with E-state index in [1.165, 1.54) is 0 Å². The summed E-state index contributed by atoms with van der Waals surface area (Å²) in [6.07, 6.45) is 3.28. The van der Waals surface area contributed by atoms with Gasteiger partial charge in [-0.05, 0) is 0 Å². The van der Waals surface area contributed by atoms with E-state index in [0.717, 1.165) is 0 Å². The maximum Gasteiger partial charge on any atom is 0.341 e. The summed E-state index contributed by atoms with van der Waals surface area (Å²) < 4.78 is 1.63. The van der Waals surface area contributed by atoms with Gasteiger partial charge in [0.1, 0.15) is 5.56 Å². The topological polar surface area (TPSA) is 70.4 Å². The normalized spacial score (nSPS) is 12.2. The van der Waals surface area contributed by atoms with E-state index in [1.807, 2.05) is 20.8 Å². The largest absolute Gasteiger partial charge is 0.477 e. The molecule has 5 heteroatoms. The van der Waals surface area contributed by atoms with Gasteiger partial charge in [-0.2, -0.15) is 0 Å². The summed E-state index contributed by atoms with van der Waals surface area (Å²) in [7, 11) is 0. The van der Waals surface area contributed by atoms with Crippen molar-refractivity contribution < 1.29 is 9.90 Å². The summed E-state index contributed by atoms with van der Waals surface area (Å²) in [4.78, 5) is 15.2. The van der Waals surface area contributed by atoms with E-state index < -0.39 is 5.97 Å². The van der Waals surface area contributed by atoms with Crippen molar-refractivity contribution in [3.05, 3.63) is 23.7 Å². The van der Waals surface area contributed by atoms with Crippen LogP contribution in [0.15, 0.2) is 12.4 Å². The quantitative estimate of drug-likeness (QED) is 0.747. The number of aromatic amines is 1. The zero-order chi connectivity index (χ0) is 11.2. The van der Waals surface area contributed by atoms with Gasteiger partial charge in [-0.1, -0.05) is 20.8 Å². The van der Waals surface area contributed by atoms with Crippen molar-refractivity contribution in [3.8, 4) is 0 Å². The molecule has 5 nitrogen and oxygen atoms in total. The number of carboxylic acids is 1. The zero-order valence-electron chi connectivity index (χ0n) is 8.90. The van der Waals surface area contributed by atoms with Crippen LogP contribution in [0.25, 0.3) is 5.65 Å². The molecular formula is C10H13N3O2. The van der Waals surface area contributed by atoms with Crippen molar-refractivity contribution in [3.63, 3.8) is 0 Å². The number of nitrogens with zero attached hydrogens (tertiary/aromatic N) is 2. The van der Waals surface area contributed by atoms with E-state index in [0.29, 0.717) is 11.3 Å². The summed E-state index contributed by atoms with van der Waals surface area (Å²) in [5.41, 5.74) is 1.17. The van der Waals surface area contributed by atoms with Crippen LogP contribution in [0.5, 0.6) is 0 Å². The molecule has 2 heterocycles. The number of hydrogen-bond donors (Lipinski definition) is 2. The van der Waals surface area contributed by atoms with E-state index in [-0.39, 0.29) is 11.0 Å². The minimum atomic E-state index is -0.947. The molecule has 80 valence electrons. The minimum Gasteiger partial charge on any atom is -0.477 e. The molecule has 0 saturated carbocycles. The Morgan fingerprint density at radius 2 is 2.20 bits per heavy atom. The number of imidazole rings is 1. The molecule has 2 rings (SSSR count). The summed E-state index contributed by atoms with van der Waals surface area (Å²) in [6, 6.07) is 0. The Morgan fingerprint density at radius 1 is 1.53 bits per heavy atom. The summed E-state index contributed by atoms with van der Waals surface area (Å²) in [5, 5.41) is 12.2. The van der Waals surface area contributed by atoms with Crippen LogP contribution in [0.2, 0.25) is 0 Å². The number of nitrogens with one attached hydrogen (secondary N) is 1. The first-order valence-electron chi connectivity index (χ1n) is 4.70. The average Bonchev–Trinajstić information content (AvgIpc) is 2.56. The van der Waals surface area contributed by atoms with Crippen LogP contribution >= 0.6 is 0 Å². The van der Waals surface area contributed by atoms with Crippen LogP contribution in [0.3, 0.4) is 0 Å². The van der Waals surface area contributed by atoms with Crippen LogP contribution in [0.1, 0.15) is 36.8 Å². The molecule has 0 saturated heterocycles. The summed E-state index contributed by atoms with van der Waals surface area (Å²) in [5.74, 6) is -0.947. The van der Waals surface area contributed by atoms with E-state index in [4.69, 9.17) is 5.11 Å². The molecule has 2 aromatic rings. The predicted octanol–water partition coefficient (Wildman–Crippen LogP) is 1.66. The van der Waals surface area contributed by atoms with E-state index in [9.17, 15) is 4.79 Å². The Kier molecular flexibility index (Phi) is 1.86. The third-order valence-electron chi connectivity index (χ3n) is 2.31. The lowest BCUT2D eigenvalue weighted by molar-refractivity contribution is 0.0696. The van der Waals surface area contributed by atoms with Crippen molar-refractivity contribution in [2.45, 2.75) is 26.2 Å². The molecule has 0 bridgehead atoms. The summed E-state index contributed by atoms with van der Waals surface area (Å²) >= 11 is 0. The molecular weight excluding hydrogens is 194 g/mol. The molecule has 0 aliphatic carbocycles. The number of carbonyl (C=O) groups is 1. The molecule has 0 fully saturated rings. The van der Waals surface area contributed by atoms with Gasteiger partial charge in [0.2, 0.25) is 0 Å². The molecule has 2 N–H and O–H groups in total. The van der Waals surface area contributed by atoms with Crippen LogP contribution in [0.4, 0.5) is 0 Å². The Hall–Kier alpha value is -1.78. The number of aromatic nitrogens is 3. The van der Waals surface area contributed by atoms with Gasteiger partial charge in [0.25, 0.3) is 0 Å². The van der Waals surface area contributed by atoms with Crippen LogP contribution in [0, 0.1) is 0 Å². The first-order valence-corrected chi connectivity index (χ1v) is 4.70. The number of fused-ring (bicyclic) bond motifs is 1. The second-order valence-corrected chi connectivity index (χ2v) is 4.54. The van der Waals surface area contributed by atoms with Gasteiger partial charge in [-0.25, -0.2) is 14.3 Å². The minimum absolute atomic E-state index is 0.242. The second-order valence-electron chi connectivity index (χ2n) is 4.54. The molecule has 0 amide bonds. The highest BCUT2D eigenvalue weighted by Gasteiger charge is 2.27. The summed E-state index contributed by atoms with van der Waals surface area (Å²) in [6.45, 7) is 5.89. The van der Waals surface area contributed by atoms with Crippen LogP contribution in [-0.2, 0) is 5.41 Å². The van der Waals surface area contributed by atoms with Crippen molar-refractivity contribution in [2.24, 2.45) is 0 Å². The third kappa shape index (κ3) is 1.40. The standard InChI is InChI=1S/C10H13N3O2/c1-10(2,3)7-6(9(14)15)8-11-4-5-13(8)12-7/h4-5,12H,1-3H3,(H,14,15). The van der Waals surface area contributed by atoms with Gasteiger partial charge in [-0.3, -0.25) is 5.10 Å². The zero-order valence-corrected chi connectivity index (χ0v) is 8.90. The van der Waals surface area contributed by atoms with Crippen LogP contribution < -0.4 is 0 Å². The van der Waals surface area contributed by atoms with Gasteiger partial charge in [0, 0.05) is 17.8 Å². The smallest absolute Gasteiger partial charge is 0.341 e. The predicted molar refractivity (Wildman–Crippen MR) is 55.2 cm³/mol. The van der Waals surface area contributed by atoms with Gasteiger partial charge in [-0.15, -0.1) is 0 Å². The molecule has 0 aliphatic heterocycles. The van der Waals surface area contributed by atoms with Crippen LogP contribution in [-0.4, -0.2) is 25.7 Å². The molecule has 0 aromatic carbocycles. The Bertz CT molecular complexity index is 516. The van der Waals surface area contributed by atoms with Crippen molar-refractivity contribution in [2.75, 3.05) is 0 Å².